The van der Waals surface area contributed by atoms with E-state index in [0.717, 1.165) is 27.9 Å². The van der Waals surface area contributed by atoms with Crippen LogP contribution in [0.2, 0.25) is 0 Å². The first-order valence-corrected chi connectivity index (χ1v) is 7.80. The van der Waals surface area contributed by atoms with E-state index in [4.69, 9.17) is 4.98 Å². The molecule has 0 saturated carbocycles. The van der Waals surface area contributed by atoms with Gasteiger partial charge in [0.2, 0.25) is 0 Å². The first kappa shape index (κ1) is 13.4. The second kappa shape index (κ2) is 5.80. The number of rotatable bonds is 4. The van der Waals surface area contributed by atoms with Crippen LogP contribution in [0, 0.1) is 0 Å². The van der Waals surface area contributed by atoms with Crippen LogP contribution in [0.1, 0.15) is 19.8 Å². The summed E-state index contributed by atoms with van der Waals surface area (Å²) in [5.41, 5.74) is 3.45. The number of para-hydroxylation sites is 2. The van der Waals surface area contributed by atoms with Crippen molar-refractivity contribution in [2.24, 2.45) is 0 Å². The largest absolute Gasteiger partial charge is 0.324 e. The molecule has 0 unspecified atom stereocenters. The van der Waals surface area contributed by atoms with Crippen molar-refractivity contribution in [3.8, 4) is 11.4 Å². The van der Waals surface area contributed by atoms with E-state index in [-0.39, 0.29) is 0 Å². The van der Waals surface area contributed by atoms with Crippen LogP contribution < -0.4 is 0 Å². The van der Waals surface area contributed by atoms with Crippen molar-refractivity contribution >= 4 is 27.0 Å². The highest BCUT2D eigenvalue weighted by atomic mass is 79.9. The summed E-state index contributed by atoms with van der Waals surface area (Å²) in [6.07, 6.45) is 2.35. The molecule has 0 aliphatic heterocycles. The van der Waals surface area contributed by atoms with E-state index in [0.29, 0.717) is 0 Å². The lowest BCUT2D eigenvalue weighted by atomic mass is 10.2. The molecule has 2 aromatic carbocycles. The Balaban J connectivity index is 2.18. The Kier molecular flexibility index (Phi) is 3.88. The fourth-order valence-electron chi connectivity index (χ4n) is 2.47. The zero-order valence-electron chi connectivity index (χ0n) is 11.5. The first-order chi connectivity index (χ1) is 9.79. The third-order valence-electron chi connectivity index (χ3n) is 3.47. The maximum absolute atomic E-state index is 4.82. The second-order valence-corrected chi connectivity index (χ2v) is 5.86. The first-order valence-electron chi connectivity index (χ1n) is 7.01. The van der Waals surface area contributed by atoms with Gasteiger partial charge in [-0.2, -0.15) is 0 Å². The normalized spacial score (nSPS) is 11.1. The van der Waals surface area contributed by atoms with E-state index in [1.807, 2.05) is 12.1 Å². The van der Waals surface area contributed by atoms with Crippen molar-refractivity contribution in [1.29, 1.82) is 0 Å². The van der Waals surface area contributed by atoms with Gasteiger partial charge >= 0.3 is 0 Å². The molecule has 0 saturated heterocycles. The lowest BCUT2D eigenvalue weighted by Crippen LogP contribution is -2.00. The lowest BCUT2D eigenvalue weighted by molar-refractivity contribution is 0.651. The quantitative estimate of drug-likeness (QED) is 0.638. The van der Waals surface area contributed by atoms with Crippen LogP contribution >= 0.6 is 15.9 Å². The minimum atomic E-state index is 1.01. The van der Waals surface area contributed by atoms with Crippen molar-refractivity contribution in [1.82, 2.24) is 9.55 Å². The fourth-order valence-corrected chi connectivity index (χ4v) is 2.87. The van der Waals surface area contributed by atoms with Crippen molar-refractivity contribution in [3.05, 3.63) is 53.0 Å². The number of imidazole rings is 1. The number of aromatic nitrogens is 2. The predicted molar refractivity (Wildman–Crippen MR) is 87.8 cm³/mol. The summed E-state index contributed by atoms with van der Waals surface area (Å²) >= 11 is 3.54. The van der Waals surface area contributed by atoms with Gasteiger partial charge in [0, 0.05) is 16.6 Å². The Morgan fingerprint density at radius 2 is 1.95 bits per heavy atom. The molecule has 20 heavy (non-hydrogen) atoms. The zero-order valence-corrected chi connectivity index (χ0v) is 13.1. The molecular formula is C17H17BrN2. The fraction of sp³-hybridized carbons (Fsp3) is 0.235. The van der Waals surface area contributed by atoms with Crippen LogP contribution in [0.5, 0.6) is 0 Å². The summed E-state index contributed by atoms with van der Waals surface area (Å²) < 4.78 is 3.42. The topological polar surface area (TPSA) is 17.8 Å². The summed E-state index contributed by atoms with van der Waals surface area (Å²) in [6.45, 7) is 3.23. The Morgan fingerprint density at radius 3 is 2.75 bits per heavy atom. The van der Waals surface area contributed by atoms with E-state index in [2.05, 4.69) is 63.8 Å². The summed E-state index contributed by atoms with van der Waals surface area (Å²) in [6, 6.07) is 16.7. The van der Waals surface area contributed by atoms with Gasteiger partial charge in [0.05, 0.1) is 11.0 Å². The van der Waals surface area contributed by atoms with E-state index < -0.39 is 0 Å². The highest BCUT2D eigenvalue weighted by Gasteiger charge is 2.11. The van der Waals surface area contributed by atoms with Gasteiger partial charge in [0.25, 0.3) is 0 Å². The number of nitrogens with zero attached hydrogens (tertiary/aromatic N) is 2. The number of hydrogen-bond acceptors (Lipinski definition) is 1. The van der Waals surface area contributed by atoms with Gasteiger partial charge in [0.15, 0.2) is 0 Å². The van der Waals surface area contributed by atoms with Gasteiger partial charge < -0.3 is 4.57 Å². The number of halogens is 1. The second-order valence-electron chi connectivity index (χ2n) is 4.94. The number of fused-ring (bicyclic) bond motifs is 1. The summed E-state index contributed by atoms with van der Waals surface area (Å²) in [7, 11) is 0. The molecule has 0 radical (unpaired) electrons. The minimum Gasteiger partial charge on any atom is -0.324 e. The minimum absolute atomic E-state index is 1.01. The molecule has 1 aromatic heterocycles. The maximum atomic E-state index is 4.82. The van der Waals surface area contributed by atoms with E-state index in [1.165, 1.54) is 18.4 Å². The van der Waals surface area contributed by atoms with Crippen LogP contribution in [0.4, 0.5) is 0 Å². The number of aryl methyl sites for hydroxylation is 1. The van der Waals surface area contributed by atoms with E-state index in [9.17, 15) is 0 Å². The van der Waals surface area contributed by atoms with E-state index >= 15 is 0 Å². The van der Waals surface area contributed by atoms with Crippen LogP contribution in [0.3, 0.4) is 0 Å². The maximum Gasteiger partial charge on any atom is 0.141 e. The summed E-state index contributed by atoms with van der Waals surface area (Å²) in [5.74, 6) is 1.06. The van der Waals surface area contributed by atoms with Gasteiger partial charge in [-0.25, -0.2) is 4.98 Å². The number of benzene rings is 2. The lowest BCUT2D eigenvalue weighted by Gasteiger charge is -2.08. The third-order valence-corrected chi connectivity index (χ3v) is 3.97. The molecule has 102 valence electrons. The van der Waals surface area contributed by atoms with Crippen molar-refractivity contribution in [3.63, 3.8) is 0 Å². The molecule has 0 fully saturated rings. The summed E-state index contributed by atoms with van der Waals surface area (Å²) in [4.78, 5) is 4.82. The average Bonchev–Trinajstić information content (AvgIpc) is 2.84. The Labute approximate surface area is 127 Å². The molecular weight excluding hydrogens is 312 g/mol. The molecule has 3 rings (SSSR count). The molecule has 0 amide bonds. The number of hydrogen-bond donors (Lipinski definition) is 0. The monoisotopic (exact) mass is 328 g/mol. The SMILES string of the molecule is CCCCn1c(-c2cccc(Br)c2)nc2ccccc21. The molecule has 1 heterocycles. The van der Waals surface area contributed by atoms with Gasteiger partial charge in [-0.05, 0) is 30.7 Å². The van der Waals surface area contributed by atoms with Crippen LogP contribution in [-0.4, -0.2) is 9.55 Å². The van der Waals surface area contributed by atoms with Crippen molar-refractivity contribution in [2.75, 3.05) is 0 Å². The molecule has 0 atom stereocenters. The zero-order chi connectivity index (χ0) is 13.9. The molecule has 3 aromatic rings. The van der Waals surface area contributed by atoms with Gasteiger partial charge in [-0.3, -0.25) is 0 Å². The molecule has 0 N–H and O–H groups in total. The van der Waals surface area contributed by atoms with Crippen molar-refractivity contribution in [2.45, 2.75) is 26.3 Å². The smallest absolute Gasteiger partial charge is 0.141 e. The Morgan fingerprint density at radius 1 is 1.10 bits per heavy atom. The Hall–Kier alpha value is -1.61. The summed E-state index contributed by atoms with van der Waals surface area (Å²) in [5, 5.41) is 0. The van der Waals surface area contributed by atoms with E-state index in [1.54, 1.807) is 0 Å². The van der Waals surface area contributed by atoms with Gasteiger partial charge in [-0.1, -0.05) is 53.5 Å². The molecule has 0 aliphatic carbocycles. The molecule has 0 bridgehead atoms. The average molecular weight is 329 g/mol. The third kappa shape index (κ3) is 2.50. The van der Waals surface area contributed by atoms with Crippen LogP contribution in [-0.2, 0) is 6.54 Å². The highest BCUT2D eigenvalue weighted by Crippen LogP contribution is 2.27. The van der Waals surface area contributed by atoms with Crippen molar-refractivity contribution < 1.29 is 0 Å². The number of unbranched alkanes of at least 4 members (excludes halogenated alkanes) is 1. The molecule has 2 nitrogen and oxygen atoms in total. The van der Waals surface area contributed by atoms with Gasteiger partial charge in [0.1, 0.15) is 5.82 Å². The van der Waals surface area contributed by atoms with Gasteiger partial charge in [-0.15, -0.1) is 0 Å². The van der Waals surface area contributed by atoms with Crippen LogP contribution in [0.15, 0.2) is 53.0 Å². The molecule has 0 spiro atoms. The molecule has 3 heteroatoms. The highest BCUT2D eigenvalue weighted by molar-refractivity contribution is 9.10. The molecule has 0 aliphatic rings. The predicted octanol–water partition coefficient (Wildman–Crippen LogP) is 5.27. The Bertz CT molecular complexity index is 731. The van der Waals surface area contributed by atoms with Crippen LogP contribution in [0.25, 0.3) is 22.4 Å². The standard InChI is InChI=1S/C17H17BrN2/c1-2-3-11-20-16-10-5-4-9-15(16)19-17(20)13-7-6-8-14(18)12-13/h4-10,12H,2-3,11H2,1H3.